The number of anilines is 1. The van der Waals surface area contributed by atoms with Crippen LogP contribution in [0.3, 0.4) is 0 Å². The van der Waals surface area contributed by atoms with Gasteiger partial charge in [-0.15, -0.1) is 0 Å². The lowest BCUT2D eigenvalue weighted by Crippen LogP contribution is -2.38. The van der Waals surface area contributed by atoms with E-state index in [4.69, 9.17) is 4.74 Å². The van der Waals surface area contributed by atoms with Crippen molar-refractivity contribution < 1.29 is 14.6 Å². The molecule has 1 aliphatic rings. The molecule has 5 heteroatoms. The molecule has 132 valence electrons. The third-order valence-corrected chi connectivity index (χ3v) is 4.28. The van der Waals surface area contributed by atoms with Gasteiger partial charge in [-0.25, -0.2) is 0 Å². The zero-order valence-electron chi connectivity index (χ0n) is 14.4. The number of nitrogens with one attached hydrogen (secondary N) is 1. The number of fused-ring (bicyclic) bond motifs is 1. The highest BCUT2D eigenvalue weighted by Gasteiger charge is 2.18. The molecule has 2 aromatic rings. The van der Waals surface area contributed by atoms with Crippen molar-refractivity contribution in [2.45, 2.75) is 26.0 Å². The number of aliphatic hydroxyl groups is 1. The Labute approximate surface area is 148 Å². The summed E-state index contributed by atoms with van der Waals surface area (Å²) in [7, 11) is 0. The predicted octanol–water partition coefficient (Wildman–Crippen LogP) is 2.44. The molecule has 0 radical (unpaired) electrons. The largest absolute Gasteiger partial charge is 0.491 e. The zero-order chi connectivity index (χ0) is 17.6. The molecule has 1 heterocycles. The fourth-order valence-corrected chi connectivity index (χ4v) is 3.12. The minimum absolute atomic E-state index is 0.123. The number of nitrogens with zero attached hydrogens (tertiary/aromatic N) is 1. The predicted molar refractivity (Wildman–Crippen MR) is 97.7 cm³/mol. The molecule has 1 aliphatic heterocycles. The molecule has 0 saturated carbocycles. The number of carbonyl (C=O) groups excluding carboxylic acids is 1. The van der Waals surface area contributed by atoms with Crippen molar-refractivity contribution in [3.05, 3.63) is 59.7 Å². The SMILES string of the molecule is CC(=O)Nc1cccc(OCC(O)CN2CCc3ccccc3C2)c1. The first-order valence-electron chi connectivity index (χ1n) is 8.58. The number of benzene rings is 2. The molecule has 1 amide bonds. The van der Waals surface area contributed by atoms with E-state index in [1.54, 1.807) is 12.1 Å². The maximum Gasteiger partial charge on any atom is 0.221 e. The summed E-state index contributed by atoms with van der Waals surface area (Å²) in [6, 6.07) is 15.6. The van der Waals surface area contributed by atoms with E-state index >= 15 is 0 Å². The lowest BCUT2D eigenvalue weighted by Gasteiger charge is -2.30. The van der Waals surface area contributed by atoms with E-state index in [0.29, 0.717) is 18.0 Å². The molecule has 5 nitrogen and oxygen atoms in total. The number of ether oxygens (including phenoxy) is 1. The fourth-order valence-electron chi connectivity index (χ4n) is 3.12. The van der Waals surface area contributed by atoms with Gasteiger partial charge in [0.15, 0.2) is 0 Å². The van der Waals surface area contributed by atoms with Crippen molar-refractivity contribution in [3.8, 4) is 5.75 Å². The molecular formula is C20H24N2O3. The zero-order valence-corrected chi connectivity index (χ0v) is 14.4. The van der Waals surface area contributed by atoms with Gasteiger partial charge >= 0.3 is 0 Å². The van der Waals surface area contributed by atoms with Crippen molar-refractivity contribution in [3.63, 3.8) is 0 Å². The Hall–Kier alpha value is -2.37. The van der Waals surface area contributed by atoms with E-state index in [1.165, 1.54) is 18.1 Å². The van der Waals surface area contributed by atoms with Crippen LogP contribution in [-0.4, -0.2) is 41.7 Å². The van der Waals surface area contributed by atoms with Crippen molar-refractivity contribution in [2.75, 3.05) is 25.0 Å². The third-order valence-electron chi connectivity index (χ3n) is 4.28. The normalized spacial score (nSPS) is 15.3. The first-order chi connectivity index (χ1) is 12.1. The highest BCUT2D eigenvalue weighted by molar-refractivity contribution is 5.88. The quantitative estimate of drug-likeness (QED) is 0.848. The first kappa shape index (κ1) is 17.5. The number of carbonyl (C=O) groups is 1. The maximum absolute atomic E-state index is 11.1. The summed E-state index contributed by atoms with van der Waals surface area (Å²) in [5.41, 5.74) is 3.43. The van der Waals surface area contributed by atoms with Crippen LogP contribution in [0.2, 0.25) is 0 Å². The molecule has 2 N–H and O–H groups in total. The number of hydrogen-bond donors (Lipinski definition) is 2. The smallest absolute Gasteiger partial charge is 0.221 e. The summed E-state index contributed by atoms with van der Waals surface area (Å²) < 4.78 is 5.67. The van der Waals surface area contributed by atoms with E-state index in [0.717, 1.165) is 19.5 Å². The Morgan fingerprint density at radius 2 is 2.04 bits per heavy atom. The fraction of sp³-hybridized carbons (Fsp3) is 0.350. The van der Waals surface area contributed by atoms with Crippen LogP contribution in [0.1, 0.15) is 18.1 Å². The van der Waals surface area contributed by atoms with Crippen molar-refractivity contribution in [1.29, 1.82) is 0 Å². The highest BCUT2D eigenvalue weighted by atomic mass is 16.5. The topological polar surface area (TPSA) is 61.8 Å². The third kappa shape index (κ3) is 5.05. The molecule has 0 fully saturated rings. The molecule has 1 atom stereocenters. The number of aliphatic hydroxyl groups excluding tert-OH is 1. The number of rotatable bonds is 6. The van der Waals surface area contributed by atoms with Crippen LogP contribution in [0.5, 0.6) is 5.75 Å². The number of amides is 1. The molecule has 0 aromatic heterocycles. The summed E-state index contributed by atoms with van der Waals surface area (Å²) in [6.07, 6.45) is 0.456. The molecule has 25 heavy (non-hydrogen) atoms. The molecule has 0 aliphatic carbocycles. The summed E-state index contributed by atoms with van der Waals surface area (Å²) in [5, 5.41) is 13.0. The molecule has 0 bridgehead atoms. The monoisotopic (exact) mass is 340 g/mol. The summed E-state index contributed by atoms with van der Waals surface area (Å²) in [5.74, 6) is 0.511. The second kappa shape index (κ2) is 8.14. The Bertz CT molecular complexity index is 732. The van der Waals surface area contributed by atoms with E-state index < -0.39 is 6.10 Å². The van der Waals surface area contributed by atoms with Crippen LogP contribution in [0.4, 0.5) is 5.69 Å². The van der Waals surface area contributed by atoms with Gasteiger partial charge in [-0.05, 0) is 29.7 Å². The van der Waals surface area contributed by atoms with Gasteiger partial charge in [-0.1, -0.05) is 30.3 Å². The average molecular weight is 340 g/mol. The number of hydrogen-bond acceptors (Lipinski definition) is 4. The standard InChI is InChI=1S/C20H24N2O3/c1-15(23)21-18-7-4-8-20(11-18)25-14-19(24)13-22-10-9-16-5-2-3-6-17(16)12-22/h2-8,11,19,24H,9-10,12-14H2,1H3,(H,21,23). The van der Waals surface area contributed by atoms with Crippen LogP contribution in [0, 0.1) is 0 Å². The minimum Gasteiger partial charge on any atom is -0.491 e. The average Bonchev–Trinajstić information content (AvgIpc) is 2.60. The molecular weight excluding hydrogens is 316 g/mol. The second-order valence-corrected chi connectivity index (χ2v) is 6.43. The summed E-state index contributed by atoms with van der Waals surface area (Å²) in [4.78, 5) is 13.4. The van der Waals surface area contributed by atoms with Gasteiger partial charge in [-0.3, -0.25) is 9.69 Å². The van der Waals surface area contributed by atoms with Crippen LogP contribution in [-0.2, 0) is 17.8 Å². The van der Waals surface area contributed by atoms with Crippen molar-refractivity contribution in [1.82, 2.24) is 4.90 Å². The van der Waals surface area contributed by atoms with Crippen LogP contribution >= 0.6 is 0 Å². The summed E-state index contributed by atoms with van der Waals surface area (Å²) in [6.45, 7) is 4.09. The van der Waals surface area contributed by atoms with Crippen LogP contribution in [0.15, 0.2) is 48.5 Å². The molecule has 2 aromatic carbocycles. The van der Waals surface area contributed by atoms with Crippen molar-refractivity contribution in [2.24, 2.45) is 0 Å². The van der Waals surface area contributed by atoms with E-state index in [9.17, 15) is 9.90 Å². The lowest BCUT2D eigenvalue weighted by molar-refractivity contribution is -0.114. The van der Waals surface area contributed by atoms with Gasteiger partial charge in [0.05, 0.1) is 0 Å². The van der Waals surface area contributed by atoms with Gasteiger partial charge in [0.25, 0.3) is 0 Å². The highest BCUT2D eigenvalue weighted by Crippen LogP contribution is 2.20. The Kier molecular flexibility index (Phi) is 5.68. The van der Waals surface area contributed by atoms with Gasteiger partial charge in [0.1, 0.15) is 18.5 Å². The lowest BCUT2D eigenvalue weighted by atomic mass is 10.00. The van der Waals surface area contributed by atoms with Crippen molar-refractivity contribution >= 4 is 11.6 Å². The molecule has 0 spiro atoms. The number of β-amino-alcohol motifs (C(OH)–C–C–N with tert-alkyl or cyclic N) is 1. The van der Waals surface area contributed by atoms with E-state index in [2.05, 4.69) is 34.5 Å². The van der Waals surface area contributed by atoms with Gasteiger partial charge in [0, 0.05) is 38.3 Å². The van der Waals surface area contributed by atoms with E-state index in [-0.39, 0.29) is 12.5 Å². The molecule has 3 rings (SSSR count). The van der Waals surface area contributed by atoms with Crippen LogP contribution in [0.25, 0.3) is 0 Å². The minimum atomic E-state index is -0.560. The second-order valence-electron chi connectivity index (χ2n) is 6.43. The van der Waals surface area contributed by atoms with Gasteiger partial charge in [0.2, 0.25) is 5.91 Å². The summed E-state index contributed by atoms with van der Waals surface area (Å²) >= 11 is 0. The molecule has 0 saturated heterocycles. The Balaban J connectivity index is 1.49. The maximum atomic E-state index is 11.1. The van der Waals surface area contributed by atoms with Crippen LogP contribution < -0.4 is 10.1 Å². The van der Waals surface area contributed by atoms with Gasteiger partial charge < -0.3 is 15.2 Å². The van der Waals surface area contributed by atoms with Gasteiger partial charge in [-0.2, -0.15) is 0 Å². The Morgan fingerprint density at radius 1 is 1.24 bits per heavy atom. The van der Waals surface area contributed by atoms with E-state index in [1.807, 2.05) is 12.1 Å². The first-order valence-corrected chi connectivity index (χ1v) is 8.58. The molecule has 1 unspecified atom stereocenters. The Morgan fingerprint density at radius 3 is 2.84 bits per heavy atom.